The van der Waals surface area contributed by atoms with Crippen LogP contribution in [0.2, 0.25) is 0 Å². The highest BCUT2D eigenvalue weighted by molar-refractivity contribution is 5.84. The zero-order chi connectivity index (χ0) is 18.8. The first-order valence-electron chi connectivity index (χ1n) is 8.32. The van der Waals surface area contributed by atoms with Crippen LogP contribution in [-0.2, 0) is 10.9 Å². The molecule has 0 atom stereocenters. The fraction of sp³-hybridized carbons (Fsp3) is 0.647. The first-order valence-corrected chi connectivity index (χ1v) is 8.32. The summed E-state index contributed by atoms with van der Waals surface area (Å²) >= 11 is 0. The molecule has 0 unspecified atom stereocenters. The molecule has 25 heavy (non-hydrogen) atoms. The summed E-state index contributed by atoms with van der Waals surface area (Å²) in [7, 11) is 0. The average molecular weight is 360 g/mol. The number of nitrogens with zero attached hydrogens (tertiary/aromatic N) is 1. The number of aromatic nitrogens is 1. The van der Waals surface area contributed by atoms with Gasteiger partial charge in [0.2, 0.25) is 0 Å². The van der Waals surface area contributed by atoms with E-state index in [1.165, 1.54) is 0 Å². The number of ether oxygens (including phenoxy) is 1. The summed E-state index contributed by atoms with van der Waals surface area (Å²) < 4.78 is 45.8. The smallest absolute Gasteiger partial charge is 0.431 e. The van der Waals surface area contributed by atoms with Gasteiger partial charge in [0, 0.05) is 6.04 Å². The lowest BCUT2D eigenvalue weighted by molar-refractivity contribution is -0.145. The number of halogens is 3. The van der Waals surface area contributed by atoms with E-state index in [1.54, 1.807) is 20.8 Å². The predicted molar refractivity (Wildman–Crippen MR) is 87.7 cm³/mol. The second kappa shape index (κ2) is 7.09. The number of amides is 1. The minimum Gasteiger partial charge on any atom is -0.444 e. The molecule has 140 valence electrons. The van der Waals surface area contributed by atoms with Crippen molar-refractivity contribution in [3.63, 3.8) is 0 Å². The fourth-order valence-corrected chi connectivity index (χ4v) is 2.99. The summed E-state index contributed by atoms with van der Waals surface area (Å²) in [4.78, 5) is 24.5. The van der Waals surface area contributed by atoms with Crippen LogP contribution in [0.25, 0.3) is 0 Å². The minimum atomic E-state index is -4.64. The summed E-state index contributed by atoms with van der Waals surface area (Å²) in [5, 5.41) is 2.26. The van der Waals surface area contributed by atoms with Gasteiger partial charge >= 0.3 is 12.3 Å². The van der Waals surface area contributed by atoms with E-state index in [1.807, 2.05) is 0 Å². The molecule has 1 aliphatic carbocycles. The maximum atomic E-state index is 13.3. The van der Waals surface area contributed by atoms with Crippen molar-refractivity contribution >= 4 is 11.8 Å². The van der Waals surface area contributed by atoms with E-state index in [0.717, 1.165) is 36.0 Å². The van der Waals surface area contributed by atoms with Crippen molar-refractivity contribution in [2.24, 2.45) is 0 Å². The van der Waals surface area contributed by atoms with Gasteiger partial charge in [0.1, 0.15) is 17.0 Å². The van der Waals surface area contributed by atoms with E-state index in [4.69, 9.17) is 4.74 Å². The van der Waals surface area contributed by atoms with Crippen LogP contribution in [0, 0.1) is 0 Å². The Hall–Kier alpha value is -1.99. The molecule has 0 saturated heterocycles. The highest BCUT2D eigenvalue weighted by Crippen LogP contribution is 2.35. The van der Waals surface area contributed by atoms with Crippen LogP contribution in [0.1, 0.15) is 64.6 Å². The molecule has 5 nitrogen and oxygen atoms in total. The molecule has 0 aromatic carbocycles. The third kappa shape index (κ3) is 4.99. The van der Waals surface area contributed by atoms with Crippen LogP contribution in [-0.4, -0.2) is 16.3 Å². The maximum absolute atomic E-state index is 13.3. The van der Waals surface area contributed by atoms with E-state index < -0.39 is 35.2 Å². The molecule has 2 rings (SSSR count). The molecule has 1 N–H and O–H groups in total. The fourth-order valence-electron chi connectivity index (χ4n) is 2.99. The number of hydrogen-bond acceptors (Lipinski definition) is 3. The second-order valence-electron chi connectivity index (χ2n) is 7.22. The standard InChI is InChI=1S/C17H23F3N2O3/c1-16(2,3)25-15(24)21-12-9-10-13(17(18,19)20)22(14(12)23)11-7-5-4-6-8-11/h9-11H,4-8H2,1-3H3,(H,21,24). The van der Waals surface area contributed by atoms with Gasteiger partial charge in [-0.1, -0.05) is 19.3 Å². The van der Waals surface area contributed by atoms with Gasteiger partial charge in [-0.3, -0.25) is 14.7 Å². The lowest BCUT2D eigenvalue weighted by atomic mass is 9.94. The molecular weight excluding hydrogens is 337 g/mol. The van der Waals surface area contributed by atoms with Crippen molar-refractivity contribution in [3.05, 3.63) is 28.2 Å². The number of hydrogen-bond donors (Lipinski definition) is 1. The van der Waals surface area contributed by atoms with E-state index in [-0.39, 0.29) is 5.69 Å². The molecule has 0 bridgehead atoms. The Morgan fingerprint density at radius 3 is 2.28 bits per heavy atom. The van der Waals surface area contributed by atoms with Gasteiger partial charge in [-0.05, 0) is 45.7 Å². The first-order chi connectivity index (χ1) is 11.5. The molecule has 1 aromatic heterocycles. The average Bonchev–Trinajstić information content (AvgIpc) is 2.47. The molecule has 0 spiro atoms. The van der Waals surface area contributed by atoms with Crippen LogP contribution >= 0.6 is 0 Å². The lowest BCUT2D eigenvalue weighted by Gasteiger charge is -2.28. The van der Waals surface area contributed by atoms with Crippen LogP contribution < -0.4 is 10.9 Å². The SMILES string of the molecule is CC(C)(C)OC(=O)Nc1ccc(C(F)(F)F)n(C2CCCCC2)c1=O. The number of nitrogens with one attached hydrogen (secondary N) is 1. The van der Waals surface area contributed by atoms with Gasteiger partial charge in [-0.25, -0.2) is 4.79 Å². The van der Waals surface area contributed by atoms with Crippen molar-refractivity contribution in [3.8, 4) is 0 Å². The van der Waals surface area contributed by atoms with Crippen LogP contribution in [0.3, 0.4) is 0 Å². The number of carbonyl (C=O) groups excluding carboxylic acids is 1. The van der Waals surface area contributed by atoms with E-state index >= 15 is 0 Å². The lowest BCUT2D eigenvalue weighted by Crippen LogP contribution is -2.35. The quantitative estimate of drug-likeness (QED) is 0.830. The second-order valence-corrected chi connectivity index (χ2v) is 7.22. The third-order valence-electron chi connectivity index (χ3n) is 3.98. The van der Waals surface area contributed by atoms with Gasteiger partial charge in [-0.2, -0.15) is 13.2 Å². The molecule has 1 aromatic rings. The zero-order valence-electron chi connectivity index (χ0n) is 14.6. The number of rotatable bonds is 2. The molecular formula is C17H23F3N2O3. The highest BCUT2D eigenvalue weighted by atomic mass is 19.4. The number of pyridine rings is 1. The van der Waals surface area contributed by atoms with Crippen molar-refractivity contribution in [2.45, 2.75) is 70.7 Å². The maximum Gasteiger partial charge on any atom is 0.431 e. The molecule has 1 fully saturated rings. The highest BCUT2D eigenvalue weighted by Gasteiger charge is 2.37. The monoisotopic (exact) mass is 360 g/mol. The predicted octanol–water partition coefficient (Wildman–Crippen LogP) is 4.72. The number of carbonyl (C=O) groups is 1. The molecule has 1 aliphatic rings. The molecule has 1 amide bonds. The Bertz CT molecular complexity index is 684. The Morgan fingerprint density at radius 2 is 1.76 bits per heavy atom. The van der Waals surface area contributed by atoms with E-state index in [2.05, 4.69) is 5.32 Å². The van der Waals surface area contributed by atoms with Crippen molar-refractivity contribution in [2.75, 3.05) is 5.32 Å². The molecule has 1 heterocycles. The third-order valence-corrected chi connectivity index (χ3v) is 3.98. The number of anilines is 1. The Labute approximate surface area is 144 Å². The largest absolute Gasteiger partial charge is 0.444 e. The van der Waals surface area contributed by atoms with Gasteiger partial charge in [-0.15, -0.1) is 0 Å². The van der Waals surface area contributed by atoms with E-state index in [0.29, 0.717) is 12.8 Å². The zero-order valence-corrected chi connectivity index (χ0v) is 14.6. The van der Waals surface area contributed by atoms with Gasteiger partial charge in [0.25, 0.3) is 5.56 Å². The Morgan fingerprint density at radius 1 is 1.16 bits per heavy atom. The van der Waals surface area contributed by atoms with Crippen LogP contribution in [0.5, 0.6) is 0 Å². The van der Waals surface area contributed by atoms with Crippen LogP contribution in [0.15, 0.2) is 16.9 Å². The first kappa shape index (κ1) is 19.3. The van der Waals surface area contributed by atoms with Crippen LogP contribution in [0.4, 0.5) is 23.7 Å². The molecule has 1 saturated carbocycles. The summed E-state index contributed by atoms with van der Waals surface area (Å²) in [6, 6.07) is 1.30. The molecule has 8 heteroatoms. The summed E-state index contributed by atoms with van der Waals surface area (Å²) in [6.45, 7) is 4.96. The normalized spacial score (nSPS) is 16.6. The van der Waals surface area contributed by atoms with E-state index in [9.17, 15) is 22.8 Å². The van der Waals surface area contributed by atoms with Crippen molar-refractivity contribution in [1.82, 2.24) is 4.57 Å². The van der Waals surface area contributed by atoms with Crippen molar-refractivity contribution in [1.29, 1.82) is 0 Å². The Balaban J connectivity index is 2.40. The minimum absolute atomic E-state index is 0.215. The summed E-state index contributed by atoms with van der Waals surface area (Å²) in [6.07, 6.45) is -1.99. The van der Waals surface area contributed by atoms with Gasteiger partial charge < -0.3 is 4.74 Å². The number of alkyl halides is 3. The Kier molecular flexibility index (Phi) is 5.49. The summed E-state index contributed by atoms with van der Waals surface area (Å²) in [5.74, 6) is 0. The topological polar surface area (TPSA) is 60.3 Å². The van der Waals surface area contributed by atoms with Gasteiger partial charge in [0.05, 0.1) is 0 Å². The summed E-state index contributed by atoms with van der Waals surface area (Å²) in [5.41, 5.74) is -2.84. The molecule has 0 radical (unpaired) electrons. The van der Waals surface area contributed by atoms with Crippen molar-refractivity contribution < 1.29 is 22.7 Å². The van der Waals surface area contributed by atoms with Gasteiger partial charge in [0.15, 0.2) is 0 Å². The molecule has 0 aliphatic heterocycles.